The first-order valence-electron chi connectivity index (χ1n) is 7.87. The number of nitrogens with zero attached hydrogens (tertiary/aromatic N) is 1. The van der Waals surface area contributed by atoms with Gasteiger partial charge in [0.1, 0.15) is 17.3 Å². The molecular formula is C18H15NO6. The van der Waals surface area contributed by atoms with Gasteiger partial charge in [-0.05, 0) is 24.3 Å². The number of ketones is 1. The zero-order valence-corrected chi connectivity index (χ0v) is 13.3. The van der Waals surface area contributed by atoms with Gasteiger partial charge in [-0.25, -0.2) is 4.79 Å². The first kappa shape index (κ1) is 15.5. The molecule has 0 N–H and O–H groups in total. The van der Waals surface area contributed by atoms with E-state index in [1.54, 1.807) is 29.2 Å². The summed E-state index contributed by atoms with van der Waals surface area (Å²) in [6.07, 6.45) is 2.60. The number of rotatable bonds is 2. The van der Waals surface area contributed by atoms with Gasteiger partial charge in [0.15, 0.2) is 5.76 Å². The van der Waals surface area contributed by atoms with Crippen molar-refractivity contribution in [3.63, 3.8) is 0 Å². The van der Waals surface area contributed by atoms with Crippen molar-refractivity contribution in [1.29, 1.82) is 0 Å². The third-order valence-corrected chi connectivity index (χ3v) is 3.93. The predicted molar refractivity (Wildman–Crippen MR) is 86.5 cm³/mol. The van der Waals surface area contributed by atoms with E-state index in [-0.39, 0.29) is 11.5 Å². The van der Waals surface area contributed by atoms with Crippen molar-refractivity contribution in [3.8, 4) is 11.5 Å². The molecule has 2 aliphatic rings. The number of fused-ring (bicyclic) bond motifs is 1. The molecule has 1 fully saturated rings. The maximum atomic E-state index is 12.3. The molecule has 7 nitrogen and oxygen atoms in total. The summed E-state index contributed by atoms with van der Waals surface area (Å²) in [7, 11) is 0. The van der Waals surface area contributed by atoms with E-state index >= 15 is 0 Å². The number of amides is 1. The second-order valence-electron chi connectivity index (χ2n) is 5.58. The van der Waals surface area contributed by atoms with Crippen molar-refractivity contribution >= 4 is 18.0 Å². The number of Topliss-reactive ketones (excluding diaryl/α,β-unsaturated/α-hetero) is 1. The van der Waals surface area contributed by atoms with Gasteiger partial charge in [-0.15, -0.1) is 0 Å². The minimum Gasteiger partial charge on any atom is -0.465 e. The van der Waals surface area contributed by atoms with Gasteiger partial charge in [-0.1, -0.05) is 0 Å². The summed E-state index contributed by atoms with van der Waals surface area (Å²) in [5.74, 6) is 1.13. The monoisotopic (exact) mass is 341 g/mol. The lowest BCUT2D eigenvalue weighted by Gasteiger charge is -2.25. The average Bonchev–Trinajstić information content (AvgIpc) is 3.24. The van der Waals surface area contributed by atoms with Crippen LogP contribution >= 0.6 is 0 Å². The van der Waals surface area contributed by atoms with Gasteiger partial charge in [-0.2, -0.15) is 0 Å². The molecule has 4 rings (SSSR count). The molecule has 1 saturated heterocycles. The van der Waals surface area contributed by atoms with Crippen LogP contribution < -0.4 is 9.47 Å². The van der Waals surface area contributed by atoms with E-state index in [4.69, 9.17) is 18.6 Å². The van der Waals surface area contributed by atoms with E-state index in [0.717, 1.165) is 0 Å². The molecule has 0 radical (unpaired) electrons. The minimum atomic E-state index is -0.445. The summed E-state index contributed by atoms with van der Waals surface area (Å²) >= 11 is 0. The Hall–Kier alpha value is -3.06. The fraction of sp³-hybridized carbons (Fsp3) is 0.222. The molecule has 0 bridgehead atoms. The molecule has 1 aromatic carbocycles. The number of benzene rings is 1. The van der Waals surface area contributed by atoms with Crippen molar-refractivity contribution in [2.24, 2.45) is 0 Å². The normalized spacial score (nSPS) is 18.2. The molecule has 1 aromatic heterocycles. The molecule has 0 atom stereocenters. The SMILES string of the molecule is O=C1/C(=C\c2ccco2)Oc2cc(OC(=O)N3CCOCC3)ccc21. The van der Waals surface area contributed by atoms with E-state index in [2.05, 4.69) is 0 Å². The largest absolute Gasteiger partial charge is 0.465 e. The molecule has 128 valence electrons. The molecule has 0 saturated carbocycles. The number of allylic oxidation sites excluding steroid dienone is 1. The van der Waals surface area contributed by atoms with Gasteiger partial charge in [0, 0.05) is 25.2 Å². The number of morpholine rings is 1. The van der Waals surface area contributed by atoms with E-state index in [0.29, 0.717) is 49.1 Å². The van der Waals surface area contributed by atoms with Crippen molar-refractivity contribution in [2.45, 2.75) is 0 Å². The van der Waals surface area contributed by atoms with E-state index in [9.17, 15) is 9.59 Å². The van der Waals surface area contributed by atoms with Crippen molar-refractivity contribution < 1.29 is 28.2 Å². The van der Waals surface area contributed by atoms with Gasteiger partial charge in [0.05, 0.1) is 25.0 Å². The summed E-state index contributed by atoms with van der Waals surface area (Å²) in [6.45, 7) is 1.99. The topological polar surface area (TPSA) is 78.2 Å². The summed E-state index contributed by atoms with van der Waals surface area (Å²) in [4.78, 5) is 26.0. The third kappa shape index (κ3) is 3.14. The second kappa shape index (κ2) is 6.45. The zero-order valence-electron chi connectivity index (χ0n) is 13.3. The maximum absolute atomic E-state index is 12.3. The molecule has 1 amide bonds. The van der Waals surface area contributed by atoms with E-state index in [1.165, 1.54) is 18.4 Å². The standard InChI is InChI=1S/C18H15NO6/c20-17-14-4-3-13(24-18(21)19-5-8-22-9-6-19)11-15(14)25-16(17)10-12-2-1-7-23-12/h1-4,7,10-11H,5-6,8-9H2/b16-10+. The van der Waals surface area contributed by atoms with Crippen LogP contribution in [0, 0.1) is 0 Å². The summed E-state index contributed by atoms with van der Waals surface area (Å²) in [5, 5.41) is 0. The first-order chi connectivity index (χ1) is 12.2. The molecule has 2 aliphatic heterocycles. The number of furan rings is 1. The van der Waals surface area contributed by atoms with Gasteiger partial charge < -0.3 is 23.5 Å². The van der Waals surface area contributed by atoms with Gasteiger partial charge >= 0.3 is 6.09 Å². The Bertz CT molecular complexity index is 833. The third-order valence-electron chi connectivity index (χ3n) is 3.93. The molecule has 0 aliphatic carbocycles. The van der Waals surface area contributed by atoms with E-state index < -0.39 is 6.09 Å². The molecule has 0 spiro atoms. The summed E-state index contributed by atoms with van der Waals surface area (Å²) in [5.41, 5.74) is 0.420. The molecular weight excluding hydrogens is 326 g/mol. The predicted octanol–water partition coefficient (Wildman–Crippen LogP) is 2.73. The van der Waals surface area contributed by atoms with Crippen LogP contribution in [-0.4, -0.2) is 43.1 Å². The fourth-order valence-corrected chi connectivity index (χ4v) is 2.64. The van der Waals surface area contributed by atoms with Crippen LogP contribution in [0.1, 0.15) is 16.1 Å². The quantitative estimate of drug-likeness (QED) is 0.782. The highest BCUT2D eigenvalue weighted by atomic mass is 16.6. The first-order valence-corrected chi connectivity index (χ1v) is 7.87. The number of carbonyl (C=O) groups is 2. The number of ether oxygens (including phenoxy) is 3. The molecule has 3 heterocycles. The second-order valence-corrected chi connectivity index (χ2v) is 5.58. The van der Waals surface area contributed by atoms with Gasteiger partial charge in [-0.3, -0.25) is 4.79 Å². The van der Waals surface area contributed by atoms with Crippen molar-refractivity contribution in [1.82, 2.24) is 4.90 Å². The fourth-order valence-electron chi connectivity index (χ4n) is 2.64. The Kier molecular flexibility index (Phi) is 3.99. The lowest BCUT2D eigenvalue weighted by molar-refractivity contribution is 0.0416. The zero-order chi connectivity index (χ0) is 17.2. The van der Waals surface area contributed by atoms with Crippen LogP contribution in [-0.2, 0) is 4.74 Å². The van der Waals surface area contributed by atoms with Crippen molar-refractivity contribution in [2.75, 3.05) is 26.3 Å². The van der Waals surface area contributed by atoms with Crippen LogP contribution in [0.4, 0.5) is 4.79 Å². The van der Waals surface area contributed by atoms with Crippen LogP contribution in [0.2, 0.25) is 0 Å². The summed E-state index contributed by atoms with van der Waals surface area (Å²) in [6, 6.07) is 8.15. The molecule has 2 aromatic rings. The number of hydrogen-bond acceptors (Lipinski definition) is 6. The summed E-state index contributed by atoms with van der Waals surface area (Å²) < 4.78 is 21.3. The Morgan fingerprint density at radius 2 is 2.04 bits per heavy atom. The molecule has 0 unspecified atom stereocenters. The van der Waals surface area contributed by atoms with Gasteiger partial charge in [0.2, 0.25) is 5.78 Å². The Morgan fingerprint density at radius 1 is 1.20 bits per heavy atom. The van der Waals surface area contributed by atoms with E-state index in [1.807, 2.05) is 0 Å². The van der Waals surface area contributed by atoms with Crippen LogP contribution in [0.25, 0.3) is 6.08 Å². The van der Waals surface area contributed by atoms with Crippen molar-refractivity contribution in [3.05, 3.63) is 53.7 Å². The van der Waals surface area contributed by atoms with Crippen LogP contribution in [0.3, 0.4) is 0 Å². The van der Waals surface area contributed by atoms with Crippen LogP contribution in [0.5, 0.6) is 11.5 Å². The van der Waals surface area contributed by atoms with Crippen LogP contribution in [0.15, 0.2) is 46.8 Å². The Labute approximate surface area is 143 Å². The molecule has 7 heteroatoms. The molecule has 25 heavy (non-hydrogen) atoms. The minimum absolute atomic E-state index is 0.168. The average molecular weight is 341 g/mol. The highest BCUT2D eigenvalue weighted by molar-refractivity contribution is 6.14. The lowest BCUT2D eigenvalue weighted by atomic mass is 10.1. The Morgan fingerprint density at radius 3 is 2.80 bits per heavy atom. The maximum Gasteiger partial charge on any atom is 0.415 e. The lowest BCUT2D eigenvalue weighted by Crippen LogP contribution is -2.42. The van der Waals surface area contributed by atoms with Gasteiger partial charge in [0.25, 0.3) is 0 Å². The number of hydrogen-bond donors (Lipinski definition) is 0. The highest BCUT2D eigenvalue weighted by Crippen LogP contribution is 2.35. The highest BCUT2D eigenvalue weighted by Gasteiger charge is 2.28. The smallest absolute Gasteiger partial charge is 0.415 e. The number of carbonyl (C=O) groups excluding carboxylic acids is 2. The Balaban J connectivity index is 1.50.